The Hall–Kier alpha value is -3.16. The first-order valence-corrected chi connectivity index (χ1v) is 10.3. The summed E-state index contributed by atoms with van der Waals surface area (Å²) >= 11 is 0. The van der Waals surface area contributed by atoms with Crippen molar-refractivity contribution in [2.45, 2.75) is 38.8 Å². The second kappa shape index (κ2) is 9.11. The fourth-order valence-electron chi connectivity index (χ4n) is 3.67. The minimum Gasteiger partial charge on any atom is -0.494 e. The Kier molecular flexibility index (Phi) is 6.11. The number of rotatable bonds is 7. The van der Waals surface area contributed by atoms with Crippen LogP contribution < -0.4 is 21.0 Å². The van der Waals surface area contributed by atoms with Gasteiger partial charge in [-0.3, -0.25) is 4.79 Å². The van der Waals surface area contributed by atoms with Crippen LogP contribution in [0.2, 0.25) is 0 Å². The molecule has 1 aliphatic heterocycles. The summed E-state index contributed by atoms with van der Waals surface area (Å²) in [4.78, 5) is 15.8. The number of hydrogen-bond acceptors (Lipinski definition) is 5. The summed E-state index contributed by atoms with van der Waals surface area (Å²) in [5.41, 5.74) is 13.1. The number of fused-ring (bicyclic) bond motifs is 1. The van der Waals surface area contributed by atoms with E-state index < -0.39 is 0 Å². The molecule has 2 atom stereocenters. The van der Waals surface area contributed by atoms with Crippen LogP contribution in [0.3, 0.4) is 0 Å². The van der Waals surface area contributed by atoms with E-state index in [4.69, 9.17) is 4.74 Å². The average Bonchev–Trinajstić information content (AvgIpc) is 3.38. The number of carbonyl (C=O) groups excluding carboxylic acids is 1. The molecular weight excluding hydrogens is 378 g/mol. The van der Waals surface area contributed by atoms with Crippen LogP contribution in [0.4, 0.5) is 0 Å². The maximum Gasteiger partial charge on any atom is 0.258 e. The molecule has 30 heavy (non-hydrogen) atoms. The van der Waals surface area contributed by atoms with Gasteiger partial charge < -0.3 is 9.72 Å². The molecule has 2 heterocycles. The van der Waals surface area contributed by atoms with Crippen LogP contribution >= 0.6 is 0 Å². The molecule has 156 valence electrons. The van der Waals surface area contributed by atoms with Crippen LogP contribution in [-0.4, -0.2) is 29.8 Å². The predicted octanol–water partition coefficient (Wildman–Crippen LogP) is 3.32. The van der Waals surface area contributed by atoms with Gasteiger partial charge in [-0.05, 0) is 43.5 Å². The maximum absolute atomic E-state index is 12.5. The van der Waals surface area contributed by atoms with Crippen LogP contribution in [0, 0.1) is 6.92 Å². The van der Waals surface area contributed by atoms with Crippen molar-refractivity contribution >= 4 is 23.0 Å². The number of hydrazone groups is 1. The summed E-state index contributed by atoms with van der Waals surface area (Å²) < 4.78 is 5.62. The minimum absolute atomic E-state index is 0.0563. The number of aromatic nitrogens is 1. The molecule has 2 aromatic carbocycles. The van der Waals surface area contributed by atoms with Gasteiger partial charge in [-0.2, -0.15) is 5.10 Å². The Morgan fingerprint density at radius 1 is 1.20 bits per heavy atom. The predicted molar refractivity (Wildman–Crippen MR) is 118 cm³/mol. The summed E-state index contributed by atoms with van der Waals surface area (Å²) in [5.74, 6) is 0.699. The van der Waals surface area contributed by atoms with Gasteiger partial charge in [-0.1, -0.05) is 37.3 Å². The number of aryl methyl sites for hydroxylation is 1. The molecular formula is C23H27N5O2. The molecule has 1 aromatic heterocycles. The number of para-hydroxylation sites is 1. The number of nitrogens with one attached hydrogen (secondary N) is 4. The molecule has 0 spiro atoms. The molecule has 7 nitrogen and oxygen atoms in total. The van der Waals surface area contributed by atoms with Crippen LogP contribution in [0.5, 0.6) is 5.75 Å². The van der Waals surface area contributed by atoms with E-state index in [0.717, 1.165) is 39.9 Å². The third kappa shape index (κ3) is 4.37. The van der Waals surface area contributed by atoms with E-state index in [-0.39, 0.29) is 18.0 Å². The van der Waals surface area contributed by atoms with Crippen LogP contribution in [0.1, 0.15) is 42.6 Å². The summed E-state index contributed by atoms with van der Waals surface area (Å²) in [6.45, 7) is 4.79. The Balaban J connectivity index is 1.33. The highest BCUT2D eigenvalue weighted by molar-refractivity contribution is 6.00. The zero-order valence-corrected chi connectivity index (χ0v) is 17.2. The molecule has 1 saturated heterocycles. The highest BCUT2D eigenvalue weighted by Gasteiger charge is 2.30. The first-order valence-electron chi connectivity index (χ1n) is 10.3. The molecule has 7 heteroatoms. The van der Waals surface area contributed by atoms with Crippen molar-refractivity contribution in [2.75, 3.05) is 6.61 Å². The fraction of sp³-hybridized carbons (Fsp3) is 0.304. The number of amides is 1. The van der Waals surface area contributed by atoms with Crippen LogP contribution in [0.25, 0.3) is 10.9 Å². The van der Waals surface area contributed by atoms with Crippen LogP contribution in [-0.2, 0) is 4.79 Å². The summed E-state index contributed by atoms with van der Waals surface area (Å²) in [5, 5.41) is 5.26. The monoisotopic (exact) mass is 405 g/mol. The lowest BCUT2D eigenvalue weighted by Gasteiger charge is -2.11. The maximum atomic E-state index is 12.5. The Labute approximate surface area is 175 Å². The molecule has 0 aliphatic carbocycles. The standard InChI is InChI=1S/C23H27N5O2/c1-3-12-30-17-10-8-16(9-11-17)21-13-22(27-26-21)23(29)28-24-14-19-15(2)25-20-7-5-4-6-18(19)20/h4-11,14,21-22,25-27H,3,12-13H2,1-2H3,(H,28,29)/b24-14+. The fourth-order valence-corrected chi connectivity index (χ4v) is 3.67. The van der Waals surface area contributed by atoms with E-state index in [0.29, 0.717) is 13.0 Å². The third-order valence-corrected chi connectivity index (χ3v) is 5.29. The molecule has 0 bridgehead atoms. The van der Waals surface area contributed by atoms with Crippen molar-refractivity contribution in [3.05, 3.63) is 65.4 Å². The number of hydrazine groups is 1. The van der Waals surface area contributed by atoms with Gasteiger partial charge in [0.1, 0.15) is 11.8 Å². The smallest absolute Gasteiger partial charge is 0.258 e. The highest BCUT2D eigenvalue weighted by atomic mass is 16.5. The van der Waals surface area contributed by atoms with Gasteiger partial charge in [-0.15, -0.1) is 0 Å². The largest absolute Gasteiger partial charge is 0.494 e. The lowest BCUT2D eigenvalue weighted by atomic mass is 10.0. The van der Waals surface area contributed by atoms with E-state index in [1.165, 1.54) is 0 Å². The van der Waals surface area contributed by atoms with E-state index >= 15 is 0 Å². The number of benzene rings is 2. The van der Waals surface area contributed by atoms with Crippen LogP contribution in [0.15, 0.2) is 53.6 Å². The van der Waals surface area contributed by atoms with Crippen molar-refractivity contribution in [1.82, 2.24) is 21.3 Å². The molecule has 4 rings (SSSR count). The van der Waals surface area contributed by atoms with Gasteiger partial charge in [-0.25, -0.2) is 16.3 Å². The van der Waals surface area contributed by atoms with Gasteiger partial charge in [0.25, 0.3) is 5.91 Å². The van der Waals surface area contributed by atoms with Crippen molar-refractivity contribution in [3.8, 4) is 5.75 Å². The SMILES string of the molecule is CCCOc1ccc(C2CC(C(=O)N/N=C/c3c(C)[nH]c4ccccc34)NN2)cc1. The van der Waals surface area contributed by atoms with E-state index in [9.17, 15) is 4.79 Å². The first kappa shape index (κ1) is 20.1. The van der Waals surface area contributed by atoms with Gasteiger partial charge in [0.15, 0.2) is 0 Å². The van der Waals surface area contributed by atoms with E-state index in [2.05, 4.69) is 33.3 Å². The summed E-state index contributed by atoms with van der Waals surface area (Å²) in [7, 11) is 0. The van der Waals surface area contributed by atoms with Crippen molar-refractivity contribution in [2.24, 2.45) is 5.10 Å². The molecule has 4 N–H and O–H groups in total. The van der Waals surface area contributed by atoms with E-state index in [1.807, 2.05) is 55.5 Å². The van der Waals surface area contributed by atoms with Gasteiger partial charge in [0, 0.05) is 28.2 Å². The number of hydrogen-bond donors (Lipinski definition) is 4. The number of nitrogens with zero attached hydrogens (tertiary/aromatic N) is 1. The zero-order chi connectivity index (χ0) is 20.9. The van der Waals surface area contributed by atoms with E-state index in [1.54, 1.807) is 6.21 Å². The number of ether oxygens (including phenoxy) is 1. The molecule has 1 fully saturated rings. The topological polar surface area (TPSA) is 90.5 Å². The molecule has 0 radical (unpaired) electrons. The summed E-state index contributed by atoms with van der Waals surface area (Å²) in [6, 6.07) is 15.7. The number of aromatic amines is 1. The molecule has 3 aromatic rings. The highest BCUT2D eigenvalue weighted by Crippen LogP contribution is 2.24. The van der Waals surface area contributed by atoms with Crippen molar-refractivity contribution in [3.63, 3.8) is 0 Å². The lowest BCUT2D eigenvalue weighted by molar-refractivity contribution is -0.122. The average molecular weight is 406 g/mol. The second-order valence-corrected chi connectivity index (χ2v) is 7.49. The third-order valence-electron chi connectivity index (χ3n) is 5.29. The molecule has 1 aliphatic rings. The molecule has 0 saturated carbocycles. The summed E-state index contributed by atoms with van der Waals surface area (Å²) in [6.07, 6.45) is 3.32. The molecule has 2 unspecified atom stereocenters. The van der Waals surface area contributed by atoms with Gasteiger partial charge in [0.05, 0.1) is 12.8 Å². The Morgan fingerprint density at radius 3 is 2.80 bits per heavy atom. The van der Waals surface area contributed by atoms with Gasteiger partial charge >= 0.3 is 0 Å². The number of H-pyrrole nitrogens is 1. The van der Waals surface area contributed by atoms with Crippen molar-refractivity contribution < 1.29 is 9.53 Å². The Morgan fingerprint density at radius 2 is 2.00 bits per heavy atom. The zero-order valence-electron chi connectivity index (χ0n) is 17.2. The second-order valence-electron chi connectivity index (χ2n) is 7.49. The Bertz CT molecular complexity index is 1040. The molecule has 1 amide bonds. The first-order chi connectivity index (χ1) is 14.7. The minimum atomic E-state index is -0.354. The lowest BCUT2D eigenvalue weighted by Crippen LogP contribution is -2.41. The number of carbonyl (C=O) groups is 1. The van der Waals surface area contributed by atoms with Crippen molar-refractivity contribution in [1.29, 1.82) is 0 Å². The van der Waals surface area contributed by atoms with Gasteiger partial charge in [0.2, 0.25) is 0 Å². The normalized spacial score (nSPS) is 18.9. The quantitative estimate of drug-likeness (QED) is 0.359.